The Morgan fingerprint density at radius 1 is 0.808 bits per heavy atom. The number of pyridine rings is 2. The summed E-state index contributed by atoms with van der Waals surface area (Å²) in [5.41, 5.74) is 1.99. The maximum Gasteiger partial charge on any atom is 0.339 e. The maximum atomic E-state index is 10.6. The number of aryl methyl sites for hydroxylation is 2. The fourth-order valence-electron chi connectivity index (χ4n) is 1.84. The molecule has 0 saturated heterocycles. The molecule has 0 aliphatic carbocycles. The normalized spacial score (nSPS) is 8.77. The van der Waals surface area contributed by atoms with Crippen molar-refractivity contribution in [3.05, 3.63) is 46.8 Å². The Morgan fingerprint density at radius 3 is 1.35 bits per heavy atom. The Morgan fingerprint density at radius 2 is 1.12 bits per heavy atom. The van der Waals surface area contributed by atoms with E-state index in [0.717, 1.165) is 11.4 Å². The van der Waals surface area contributed by atoms with Gasteiger partial charge in [-0.3, -0.25) is 0 Å². The molecule has 26 heavy (non-hydrogen) atoms. The number of nitrogens with zero attached hydrogens (tertiary/aromatic N) is 2. The highest BCUT2D eigenvalue weighted by atomic mass is 35.5. The second kappa shape index (κ2) is 11.6. The third kappa shape index (κ3) is 6.91. The molecule has 0 bridgehead atoms. The van der Waals surface area contributed by atoms with Gasteiger partial charge in [0.15, 0.2) is 0 Å². The molecule has 0 aliphatic heterocycles. The van der Waals surface area contributed by atoms with E-state index < -0.39 is 11.9 Å². The van der Waals surface area contributed by atoms with Crippen molar-refractivity contribution >= 4 is 36.0 Å². The van der Waals surface area contributed by atoms with Gasteiger partial charge in [0.1, 0.15) is 22.8 Å². The van der Waals surface area contributed by atoms with Crippen LogP contribution in [0.4, 0.5) is 11.6 Å². The third-order valence-electron chi connectivity index (χ3n) is 3.00. The van der Waals surface area contributed by atoms with Crippen LogP contribution in [-0.4, -0.2) is 51.7 Å². The van der Waals surface area contributed by atoms with Crippen LogP contribution >= 0.6 is 12.4 Å². The summed E-state index contributed by atoms with van der Waals surface area (Å²) < 4.78 is 0. The van der Waals surface area contributed by atoms with Crippen LogP contribution in [0.5, 0.6) is 0 Å². The summed E-state index contributed by atoms with van der Waals surface area (Å²) in [6.45, 7) is 3.62. The number of halogens is 1. The fraction of sp³-hybridized carbons (Fsp3) is 0.250. The molecule has 0 atom stereocenters. The predicted octanol–water partition coefficient (Wildman–Crippen LogP) is 1.86. The smallest absolute Gasteiger partial charge is 0.339 e. The van der Waals surface area contributed by atoms with Crippen LogP contribution in [-0.2, 0) is 0 Å². The van der Waals surface area contributed by atoms with Gasteiger partial charge in [-0.15, -0.1) is 12.4 Å². The van der Waals surface area contributed by atoms with Crippen molar-refractivity contribution in [1.29, 1.82) is 0 Å². The zero-order chi connectivity index (χ0) is 18.3. The van der Waals surface area contributed by atoms with Crippen molar-refractivity contribution in [3.63, 3.8) is 0 Å². The molecule has 10 heteroatoms. The van der Waals surface area contributed by atoms with E-state index in [1.54, 1.807) is 26.2 Å². The number of rotatable bonds is 4. The minimum atomic E-state index is -0.966. The number of carboxylic acid groups (broad SMARTS) is 2. The second-order valence-corrected chi connectivity index (χ2v) is 4.81. The van der Waals surface area contributed by atoms with Crippen LogP contribution in [0.1, 0.15) is 32.1 Å². The molecule has 144 valence electrons. The Balaban J connectivity index is 0. The first-order chi connectivity index (χ1) is 11.3. The van der Waals surface area contributed by atoms with E-state index in [9.17, 15) is 9.59 Å². The largest absolute Gasteiger partial charge is 0.478 e. The molecule has 0 saturated carbocycles. The fourth-order valence-corrected chi connectivity index (χ4v) is 1.84. The van der Waals surface area contributed by atoms with Crippen molar-refractivity contribution < 1.29 is 25.3 Å². The van der Waals surface area contributed by atoms with Crippen molar-refractivity contribution in [1.82, 2.24) is 9.97 Å². The van der Waals surface area contributed by atoms with Crippen molar-refractivity contribution in [2.24, 2.45) is 0 Å². The summed E-state index contributed by atoms with van der Waals surface area (Å²) in [4.78, 5) is 29.3. The highest BCUT2D eigenvalue weighted by molar-refractivity contribution is 5.93. The summed E-state index contributed by atoms with van der Waals surface area (Å²) in [7, 11) is 3.29. The first-order valence-corrected chi connectivity index (χ1v) is 7.07. The molecule has 0 aromatic carbocycles. The van der Waals surface area contributed by atoms with Gasteiger partial charge < -0.3 is 26.3 Å². The van der Waals surface area contributed by atoms with E-state index in [1.807, 2.05) is 13.8 Å². The van der Waals surface area contributed by atoms with Crippen LogP contribution in [0.3, 0.4) is 0 Å². The molecule has 0 radical (unpaired) electrons. The lowest BCUT2D eigenvalue weighted by Gasteiger charge is -2.03. The molecular weight excluding hydrogens is 364 g/mol. The zero-order valence-corrected chi connectivity index (χ0v) is 15.6. The van der Waals surface area contributed by atoms with Crippen LogP contribution in [0.25, 0.3) is 0 Å². The van der Waals surface area contributed by atoms with Crippen LogP contribution < -0.4 is 10.6 Å². The SMILES string of the molecule is CNc1nc(C)ccc1C(=O)O.CNc1nc(C)ccc1C(=O)O.Cl.O. The van der Waals surface area contributed by atoms with Crippen molar-refractivity contribution in [2.45, 2.75) is 13.8 Å². The molecule has 9 nitrogen and oxygen atoms in total. The Bertz CT molecular complexity index is 692. The van der Waals surface area contributed by atoms with E-state index in [-0.39, 0.29) is 29.0 Å². The first kappa shape index (κ1) is 25.3. The summed E-state index contributed by atoms with van der Waals surface area (Å²) in [5.74, 6) is -1.12. The van der Waals surface area contributed by atoms with Crippen LogP contribution in [0.2, 0.25) is 0 Å². The third-order valence-corrected chi connectivity index (χ3v) is 3.00. The molecule has 0 aliphatic rings. The maximum absolute atomic E-state index is 10.6. The zero-order valence-electron chi connectivity index (χ0n) is 14.8. The average molecular weight is 387 g/mol. The quantitative estimate of drug-likeness (QED) is 0.620. The molecule has 2 heterocycles. The number of aromatic nitrogens is 2. The molecule has 0 amide bonds. The minimum absolute atomic E-state index is 0. The Kier molecular flexibility index (Phi) is 11.3. The monoisotopic (exact) mass is 386 g/mol. The lowest BCUT2D eigenvalue weighted by atomic mass is 10.2. The van der Waals surface area contributed by atoms with E-state index >= 15 is 0 Å². The number of nitrogens with one attached hydrogen (secondary N) is 2. The highest BCUT2D eigenvalue weighted by Crippen LogP contribution is 2.12. The van der Waals surface area contributed by atoms with Crippen molar-refractivity contribution in [2.75, 3.05) is 24.7 Å². The van der Waals surface area contributed by atoms with Gasteiger partial charge >= 0.3 is 11.9 Å². The Labute approximate surface area is 157 Å². The van der Waals surface area contributed by atoms with Crippen molar-refractivity contribution in [3.8, 4) is 0 Å². The number of anilines is 2. The molecule has 2 aromatic heterocycles. The van der Waals surface area contributed by atoms with Gasteiger partial charge in [0, 0.05) is 25.5 Å². The molecule has 0 fully saturated rings. The number of carboxylic acids is 2. The molecule has 0 spiro atoms. The first-order valence-electron chi connectivity index (χ1n) is 7.07. The number of hydrogen-bond donors (Lipinski definition) is 4. The summed E-state index contributed by atoms with van der Waals surface area (Å²) in [5, 5.41) is 22.9. The van der Waals surface area contributed by atoms with Gasteiger partial charge in [-0.25, -0.2) is 19.6 Å². The predicted molar refractivity (Wildman–Crippen MR) is 102 cm³/mol. The van der Waals surface area contributed by atoms with Gasteiger partial charge in [-0.2, -0.15) is 0 Å². The van der Waals surface area contributed by atoms with Crippen LogP contribution in [0, 0.1) is 13.8 Å². The van der Waals surface area contributed by atoms with Crippen LogP contribution in [0.15, 0.2) is 24.3 Å². The number of carbonyl (C=O) groups is 2. The molecule has 0 unspecified atom stereocenters. The Hall–Kier alpha value is -2.91. The standard InChI is InChI=1S/2C8H10N2O2.ClH.H2O/c2*1-5-3-4-6(8(11)12)7(9-2)10-5;;/h2*3-4H,1-2H3,(H,9,10)(H,11,12);1H;1H2. The molecular formula is C16H23ClN4O5. The number of aromatic carboxylic acids is 2. The van der Waals surface area contributed by atoms with Gasteiger partial charge in [0.05, 0.1) is 0 Å². The topological polar surface area (TPSA) is 156 Å². The van der Waals surface area contributed by atoms with E-state index in [2.05, 4.69) is 20.6 Å². The van der Waals surface area contributed by atoms with Gasteiger partial charge in [-0.05, 0) is 38.1 Å². The lowest BCUT2D eigenvalue weighted by Crippen LogP contribution is -2.05. The number of hydrogen-bond acceptors (Lipinski definition) is 6. The second-order valence-electron chi connectivity index (χ2n) is 4.81. The minimum Gasteiger partial charge on any atom is -0.478 e. The summed E-state index contributed by atoms with van der Waals surface area (Å²) >= 11 is 0. The molecule has 2 rings (SSSR count). The van der Waals surface area contributed by atoms with E-state index in [4.69, 9.17) is 10.2 Å². The summed E-state index contributed by atoms with van der Waals surface area (Å²) in [6.07, 6.45) is 0. The highest BCUT2D eigenvalue weighted by Gasteiger charge is 2.10. The molecule has 6 N–H and O–H groups in total. The van der Waals surface area contributed by atoms with E-state index in [0.29, 0.717) is 11.6 Å². The van der Waals surface area contributed by atoms with E-state index in [1.165, 1.54) is 12.1 Å². The van der Waals surface area contributed by atoms with Gasteiger partial charge in [0.2, 0.25) is 0 Å². The van der Waals surface area contributed by atoms with Gasteiger partial charge in [0.25, 0.3) is 0 Å². The molecule has 2 aromatic rings. The average Bonchev–Trinajstić information content (AvgIpc) is 2.54. The lowest BCUT2D eigenvalue weighted by molar-refractivity contribution is 0.0686. The summed E-state index contributed by atoms with van der Waals surface area (Å²) in [6, 6.07) is 6.42. The van der Waals surface area contributed by atoms with Gasteiger partial charge in [-0.1, -0.05) is 0 Å².